The number of aromatic nitrogens is 1. The molecular formula is C24H21FN4O5S2. The highest BCUT2D eigenvalue weighted by Crippen LogP contribution is 2.33. The first-order valence-electron chi connectivity index (χ1n) is 10.6. The third-order valence-electron chi connectivity index (χ3n) is 5.46. The number of nitrogens with one attached hydrogen (secondary N) is 1. The molecule has 3 N–H and O–H groups in total. The number of rotatable bonds is 6. The molecule has 2 aromatic carbocycles. The maximum Gasteiger partial charge on any atom is 0.294 e. The van der Waals surface area contributed by atoms with E-state index in [0.717, 1.165) is 34.1 Å². The number of carbonyl (C=O) groups is 3. The number of thioether (sulfide) groups is 1. The fourth-order valence-electron chi connectivity index (χ4n) is 3.80. The minimum atomic E-state index is -3.82. The summed E-state index contributed by atoms with van der Waals surface area (Å²) in [6.45, 7) is 3.16. The predicted octanol–water partition coefficient (Wildman–Crippen LogP) is 3.56. The van der Waals surface area contributed by atoms with Crippen LogP contribution >= 0.6 is 11.8 Å². The van der Waals surface area contributed by atoms with E-state index in [-0.39, 0.29) is 15.5 Å². The molecule has 12 heteroatoms. The van der Waals surface area contributed by atoms with Crippen LogP contribution in [0.5, 0.6) is 0 Å². The van der Waals surface area contributed by atoms with Gasteiger partial charge in [-0.05, 0) is 85.8 Å². The Balaban J connectivity index is 1.54. The predicted molar refractivity (Wildman–Crippen MR) is 134 cm³/mol. The van der Waals surface area contributed by atoms with Gasteiger partial charge in [-0.1, -0.05) is 6.07 Å². The van der Waals surface area contributed by atoms with Crippen molar-refractivity contribution in [3.63, 3.8) is 0 Å². The highest BCUT2D eigenvalue weighted by molar-refractivity contribution is 8.18. The summed E-state index contributed by atoms with van der Waals surface area (Å²) in [5.41, 5.74) is 3.16. The normalized spacial score (nSPS) is 15.1. The van der Waals surface area contributed by atoms with Crippen molar-refractivity contribution in [2.75, 3.05) is 11.9 Å². The van der Waals surface area contributed by atoms with Crippen LogP contribution in [-0.4, -0.2) is 41.5 Å². The maximum absolute atomic E-state index is 13.3. The van der Waals surface area contributed by atoms with Crippen molar-refractivity contribution in [1.82, 2.24) is 9.47 Å². The van der Waals surface area contributed by atoms with Gasteiger partial charge in [0.1, 0.15) is 12.4 Å². The number of nitrogens with two attached hydrogens (primary N) is 1. The number of amides is 3. The van der Waals surface area contributed by atoms with Gasteiger partial charge in [-0.25, -0.2) is 17.9 Å². The van der Waals surface area contributed by atoms with E-state index in [0.29, 0.717) is 11.3 Å². The lowest BCUT2D eigenvalue weighted by atomic mass is 10.2. The van der Waals surface area contributed by atoms with E-state index in [2.05, 4.69) is 5.32 Å². The molecule has 2 heterocycles. The second kappa shape index (κ2) is 9.72. The zero-order valence-corrected chi connectivity index (χ0v) is 20.8. The van der Waals surface area contributed by atoms with Gasteiger partial charge in [0.15, 0.2) is 0 Å². The fraction of sp³-hybridized carbons (Fsp3) is 0.125. The molecule has 1 aliphatic heterocycles. The lowest BCUT2D eigenvalue weighted by Gasteiger charge is -2.12. The topological polar surface area (TPSA) is 132 Å². The van der Waals surface area contributed by atoms with Crippen molar-refractivity contribution in [2.24, 2.45) is 5.14 Å². The molecule has 186 valence electrons. The number of halogens is 1. The molecule has 0 aliphatic carbocycles. The Morgan fingerprint density at radius 1 is 1.11 bits per heavy atom. The van der Waals surface area contributed by atoms with E-state index in [1.54, 1.807) is 18.2 Å². The van der Waals surface area contributed by atoms with Crippen LogP contribution in [0.4, 0.5) is 14.9 Å². The van der Waals surface area contributed by atoms with Gasteiger partial charge in [-0.2, -0.15) is 0 Å². The Bertz CT molecular complexity index is 1530. The first-order valence-corrected chi connectivity index (χ1v) is 12.9. The van der Waals surface area contributed by atoms with Crippen LogP contribution in [0.25, 0.3) is 11.8 Å². The van der Waals surface area contributed by atoms with Crippen LogP contribution in [0.3, 0.4) is 0 Å². The van der Waals surface area contributed by atoms with Crippen molar-refractivity contribution < 1.29 is 27.2 Å². The highest BCUT2D eigenvalue weighted by atomic mass is 32.2. The number of nitrogens with zero attached hydrogens (tertiary/aromatic N) is 2. The molecular weight excluding hydrogens is 507 g/mol. The van der Waals surface area contributed by atoms with E-state index < -0.39 is 39.4 Å². The number of primary sulfonamides is 1. The van der Waals surface area contributed by atoms with Gasteiger partial charge < -0.3 is 9.88 Å². The van der Waals surface area contributed by atoms with Crippen molar-refractivity contribution in [3.05, 3.63) is 82.3 Å². The molecule has 0 spiro atoms. The molecule has 0 atom stereocenters. The Kier molecular flexibility index (Phi) is 6.85. The minimum absolute atomic E-state index is 0.0101. The molecule has 3 aromatic rings. The Morgan fingerprint density at radius 3 is 2.44 bits per heavy atom. The Labute approximate surface area is 210 Å². The number of hydrogen-bond acceptors (Lipinski definition) is 6. The number of anilines is 1. The van der Waals surface area contributed by atoms with E-state index in [4.69, 9.17) is 5.14 Å². The van der Waals surface area contributed by atoms with Gasteiger partial charge in [0, 0.05) is 22.8 Å². The number of benzene rings is 2. The molecule has 4 rings (SSSR count). The summed E-state index contributed by atoms with van der Waals surface area (Å²) in [4.78, 5) is 38.6. The Morgan fingerprint density at radius 2 is 1.81 bits per heavy atom. The molecule has 0 radical (unpaired) electrons. The molecule has 3 amide bonds. The molecule has 1 aromatic heterocycles. The lowest BCUT2D eigenvalue weighted by Crippen LogP contribution is -2.36. The summed E-state index contributed by atoms with van der Waals surface area (Å²) >= 11 is 0.720. The molecule has 0 unspecified atom stereocenters. The quantitative estimate of drug-likeness (QED) is 0.471. The van der Waals surface area contributed by atoms with E-state index in [1.807, 2.05) is 24.5 Å². The zero-order chi connectivity index (χ0) is 26.2. The van der Waals surface area contributed by atoms with Gasteiger partial charge in [0.25, 0.3) is 11.1 Å². The largest absolute Gasteiger partial charge is 0.324 e. The van der Waals surface area contributed by atoms with E-state index in [9.17, 15) is 27.2 Å². The number of imide groups is 1. The summed E-state index contributed by atoms with van der Waals surface area (Å²) in [6, 6.07) is 13.2. The van der Waals surface area contributed by atoms with Crippen LogP contribution in [0.15, 0.2) is 64.4 Å². The van der Waals surface area contributed by atoms with Gasteiger partial charge >= 0.3 is 0 Å². The average Bonchev–Trinajstić information content (AvgIpc) is 3.22. The number of hydrogen-bond donors (Lipinski definition) is 2. The summed E-state index contributed by atoms with van der Waals surface area (Å²) < 4.78 is 38.2. The zero-order valence-electron chi connectivity index (χ0n) is 19.2. The maximum atomic E-state index is 13.3. The summed E-state index contributed by atoms with van der Waals surface area (Å²) in [5.74, 6) is -1.77. The third-order valence-corrected chi connectivity index (χ3v) is 7.30. The van der Waals surface area contributed by atoms with E-state index >= 15 is 0 Å². The van der Waals surface area contributed by atoms with Gasteiger partial charge in [0.05, 0.1) is 9.80 Å². The molecule has 0 bridgehead atoms. The third kappa shape index (κ3) is 5.25. The van der Waals surface area contributed by atoms with Crippen LogP contribution in [0.1, 0.15) is 17.0 Å². The monoisotopic (exact) mass is 528 g/mol. The summed E-state index contributed by atoms with van der Waals surface area (Å²) in [5, 5.41) is 7.04. The molecule has 36 heavy (non-hydrogen) atoms. The van der Waals surface area contributed by atoms with Crippen molar-refractivity contribution in [2.45, 2.75) is 18.7 Å². The van der Waals surface area contributed by atoms with Crippen LogP contribution in [0, 0.1) is 19.7 Å². The highest BCUT2D eigenvalue weighted by Gasteiger charge is 2.36. The van der Waals surface area contributed by atoms with Crippen molar-refractivity contribution in [3.8, 4) is 5.69 Å². The Hall–Kier alpha value is -3.74. The van der Waals surface area contributed by atoms with Gasteiger partial charge in [-0.3, -0.25) is 19.3 Å². The van der Waals surface area contributed by atoms with E-state index in [1.165, 1.54) is 30.3 Å². The summed E-state index contributed by atoms with van der Waals surface area (Å²) in [6.07, 6.45) is 1.58. The van der Waals surface area contributed by atoms with Crippen LogP contribution < -0.4 is 10.5 Å². The molecule has 1 saturated heterocycles. The SMILES string of the molecule is Cc1cc(/C=C2/SC(=O)N(CC(=O)Nc3cccc(F)c3)C2=O)c(C)n1-c1ccc(S(N)(=O)=O)cc1. The standard InChI is InChI=1S/C24H21FN4O5S2/c1-14-10-16(15(2)29(14)19-6-8-20(9-7-19)36(26,33)34)11-21-23(31)28(24(32)35-21)13-22(30)27-18-5-3-4-17(25)12-18/h3-12H,13H2,1-2H3,(H,27,30)(H2,26,33,34)/b21-11+. The second-order valence-electron chi connectivity index (χ2n) is 8.03. The van der Waals surface area contributed by atoms with Crippen molar-refractivity contribution >= 4 is 50.6 Å². The minimum Gasteiger partial charge on any atom is -0.324 e. The number of sulfonamides is 1. The van der Waals surface area contributed by atoms with Crippen molar-refractivity contribution in [1.29, 1.82) is 0 Å². The number of aryl methyl sites for hydroxylation is 1. The smallest absolute Gasteiger partial charge is 0.294 e. The number of carbonyl (C=O) groups excluding carboxylic acids is 3. The summed E-state index contributed by atoms with van der Waals surface area (Å²) in [7, 11) is -3.82. The molecule has 1 aliphatic rings. The first kappa shape index (κ1) is 25.4. The molecule has 9 nitrogen and oxygen atoms in total. The van der Waals surface area contributed by atoms with Gasteiger partial charge in [-0.15, -0.1) is 0 Å². The van der Waals surface area contributed by atoms with Crippen LogP contribution in [-0.2, 0) is 19.6 Å². The first-order chi connectivity index (χ1) is 16.9. The average molecular weight is 529 g/mol. The lowest BCUT2D eigenvalue weighted by molar-refractivity contribution is -0.127. The van der Waals surface area contributed by atoms with Crippen LogP contribution in [0.2, 0.25) is 0 Å². The fourth-order valence-corrected chi connectivity index (χ4v) is 5.15. The second-order valence-corrected chi connectivity index (χ2v) is 10.6. The molecule has 1 fully saturated rings. The molecule has 0 saturated carbocycles. The van der Waals surface area contributed by atoms with Gasteiger partial charge in [0.2, 0.25) is 15.9 Å².